The highest BCUT2D eigenvalue weighted by Crippen LogP contribution is 2.10. The first kappa shape index (κ1) is 19.8. The molecule has 25 heavy (non-hydrogen) atoms. The molecule has 1 atom stereocenters. The van der Waals surface area contributed by atoms with Crippen LogP contribution in [0.15, 0.2) is 27.8 Å². The van der Waals surface area contributed by atoms with Crippen molar-refractivity contribution in [1.29, 1.82) is 0 Å². The molecule has 142 valence electrons. The fraction of sp³-hybridized carbons (Fsp3) is 0.737. The summed E-state index contributed by atoms with van der Waals surface area (Å²) in [5, 5.41) is 6.77. The van der Waals surface area contributed by atoms with E-state index in [1.54, 1.807) is 6.26 Å². The highest BCUT2D eigenvalue weighted by molar-refractivity contribution is 5.79. The number of rotatable bonds is 10. The van der Waals surface area contributed by atoms with Crippen molar-refractivity contribution in [3.63, 3.8) is 0 Å². The van der Waals surface area contributed by atoms with Gasteiger partial charge in [0.15, 0.2) is 5.96 Å². The maximum absolute atomic E-state index is 5.58. The summed E-state index contributed by atoms with van der Waals surface area (Å²) < 4.78 is 10.8. The largest absolute Gasteiger partial charge is 0.467 e. The molecule has 2 heterocycles. The molecule has 1 aliphatic rings. The Morgan fingerprint density at radius 3 is 2.88 bits per heavy atom. The first-order valence-electron chi connectivity index (χ1n) is 9.55. The molecular formula is C19H34N4O2. The van der Waals surface area contributed by atoms with Gasteiger partial charge in [-0.2, -0.15) is 0 Å². The fourth-order valence-corrected chi connectivity index (χ4v) is 3.09. The van der Waals surface area contributed by atoms with Crippen LogP contribution < -0.4 is 10.6 Å². The summed E-state index contributed by atoms with van der Waals surface area (Å²) in [7, 11) is 1.82. The minimum absolute atomic E-state index is 0.536. The SMILES string of the molecule is CN=C(NCCCOCc1ccco1)NCC(C)CN1CCCCC1. The molecule has 0 bridgehead atoms. The van der Waals surface area contributed by atoms with Crippen molar-refractivity contribution in [2.24, 2.45) is 10.9 Å². The molecule has 1 saturated heterocycles. The van der Waals surface area contributed by atoms with Gasteiger partial charge in [0.05, 0.1) is 6.26 Å². The second kappa shape index (κ2) is 11.9. The van der Waals surface area contributed by atoms with Gasteiger partial charge in [-0.1, -0.05) is 13.3 Å². The lowest BCUT2D eigenvalue weighted by Gasteiger charge is -2.29. The molecule has 0 saturated carbocycles. The van der Waals surface area contributed by atoms with Crippen molar-refractivity contribution in [3.8, 4) is 0 Å². The van der Waals surface area contributed by atoms with Crippen LogP contribution in [0, 0.1) is 5.92 Å². The van der Waals surface area contributed by atoms with Gasteiger partial charge in [0.25, 0.3) is 0 Å². The standard InChI is InChI=1S/C19H34N4O2/c1-17(15-23-10-4-3-5-11-23)14-22-19(20-2)21-9-7-12-24-16-18-8-6-13-25-18/h6,8,13,17H,3-5,7,9-12,14-16H2,1-2H3,(H2,20,21,22). The van der Waals surface area contributed by atoms with Crippen LogP contribution in [0.5, 0.6) is 0 Å². The molecule has 1 unspecified atom stereocenters. The van der Waals surface area contributed by atoms with Gasteiger partial charge in [0, 0.05) is 33.3 Å². The third kappa shape index (κ3) is 8.40. The number of furan rings is 1. The van der Waals surface area contributed by atoms with Crippen molar-refractivity contribution in [3.05, 3.63) is 24.2 Å². The van der Waals surface area contributed by atoms with E-state index in [0.717, 1.165) is 31.2 Å². The topological polar surface area (TPSA) is 62.0 Å². The van der Waals surface area contributed by atoms with Crippen LogP contribution in [-0.4, -0.2) is 57.2 Å². The van der Waals surface area contributed by atoms with Crippen LogP contribution in [-0.2, 0) is 11.3 Å². The van der Waals surface area contributed by atoms with Crippen molar-refractivity contribution in [1.82, 2.24) is 15.5 Å². The number of piperidine rings is 1. The average molecular weight is 351 g/mol. The number of hydrogen-bond acceptors (Lipinski definition) is 4. The molecule has 6 nitrogen and oxygen atoms in total. The zero-order valence-corrected chi connectivity index (χ0v) is 15.8. The smallest absolute Gasteiger partial charge is 0.190 e. The lowest BCUT2D eigenvalue weighted by atomic mass is 10.1. The van der Waals surface area contributed by atoms with Gasteiger partial charge < -0.3 is 24.7 Å². The van der Waals surface area contributed by atoms with E-state index in [1.165, 1.54) is 38.9 Å². The Balaban J connectivity index is 1.49. The van der Waals surface area contributed by atoms with Gasteiger partial charge >= 0.3 is 0 Å². The summed E-state index contributed by atoms with van der Waals surface area (Å²) in [5.41, 5.74) is 0. The lowest BCUT2D eigenvalue weighted by molar-refractivity contribution is 0.105. The number of nitrogens with one attached hydrogen (secondary N) is 2. The third-order valence-electron chi connectivity index (χ3n) is 4.44. The Bertz CT molecular complexity index is 470. The van der Waals surface area contributed by atoms with Gasteiger partial charge in [0.1, 0.15) is 12.4 Å². The van der Waals surface area contributed by atoms with E-state index in [1.807, 2.05) is 19.2 Å². The third-order valence-corrected chi connectivity index (χ3v) is 4.44. The summed E-state index contributed by atoms with van der Waals surface area (Å²) in [4.78, 5) is 6.88. The van der Waals surface area contributed by atoms with Crippen molar-refractivity contribution in [2.75, 3.05) is 46.4 Å². The maximum Gasteiger partial charge on any atom is 0.190 e. The zero-order chi connectivity index (χ0) is 17.7. The van der Waals surface area contributed by atoms with Crippen LogP contribution in [0.4, 0.5) is 0 Å². The molecule has 6 heteroatoms. The first-order chi connectivity index (χ1) is 12.3. The van der Waals surface area contributed by atoms with E-state index in [4.69, 9.17) is 9.15 Å². The Labute approximate surface area is 152 Å². The number of ether oxygens (including phenoxy) is 1. The van der Waals surface area contributed by atoms with E-state index in [9.17, 15) is 0 Å². The first-order valence-corrected chi connectivity index (χ1v) is 9.55. The highest BCUT2D eigenvalue weighted by atomic mass is 16.5. The molecular weight excluding hydrogens is 316 g/mol. The molecule has 0 amide bonds. The van der Waals surface area contributed by atoms with Crippen LogP contribution in [0.1, 0.15) is 38.4 Å². The Morgan fingerprint density at radius 2 is 2.16 bits per heavy atom. The molecule has 0 radical (unpaired) electrons. The monoisotopic (exact) mass is 350 g/mol. The van der Waals surface area contributed by atoms with Gasteiger partial charge in [-0.05, 0) is 50.4 Å². The molecule has 2 N–H and O–H groups in total. The number of hydrogen-bond donors (Lipinski definition) is 2. The molecule has 0 aromatic carbocycles. The van der Waals surface area contributed by atoms with E-state index in [0.29, 0.717) is 19.1 Å². The molecule has 1 aromatic rings. The molecule has 2 rings (SSSR count). The number of likely N-dealkylation sites (tertiary alicyclic amines) is 1. The Morgan fingerprint density at radius 1 is 1.32 bits per heavy atom. The van der Waals surface area contributed by atoms with Gasteiger partial charge in [0.2, 0.25) is 0 Å². The molecule has 0 spiro atoms. The predicted molar refractivity (Wildman–Crippen MR) is 102 cm³/mol. The summed E-state index contributed by atoms with van der Waals surface area (Å²) in [6.45, 7) is 9.03. The van der Waals surface area contributed by atoms with E-state index < -0.39 is 0 Å². The van der Waals surface area contributed by atoms with Crippen molar-refractivity contribution < 1.29 is 9.15 Å². The van der Waals surface area contributed by atoms with Gasteiger partial charge in [-0.15, -0.1) is 0 Å². The van der Waals surface area contributed by atoms with Crippen molar-refractivity contribution in [2.45, 2.75) is 39.2 Å². The van der Waals surface area contributed by atoms with Gasteiger partial charge in [-0.25, -0.2) is 0 Å². The Hall–Kier alpha value is -1.53. The van der Waals surface area contributed by atoms with Crippen LogP contribution in [0.25, 0.3) is 0 Å². The number of nitrogens with zero attached hydrogens (tertiary/aromatic N) is 2. The minimum atomic E-state index is 0.536. The molecule has 0 aliphatic carbocycles. The normalized spacial score (nSPS) is 17.4. The number of guanidine groups is 1. The predicted octanol–water partition coefficient (Wildman–Crippen LogP) is 2.47. The minimum Gasteiger partial charge on any atom is -0.467 e. The summed E-state index contributed by atoms with van der Waals surface area (Å²) >= 11 is 0. The number of aliphatic imine (C=N–C) groups is 1. The van der Waals surface area contributed by atoms with Crippen LogP contribution in [0.2, 0.25) is 0 Å². The van der Waals surface area contributed by atoms with Crippen molar-refractivity contribution >= 4 is 5.96 Å². The highest BCUT2D eigenvalue weighted by Gasteiger charge is 2.13. The van der Waals surface area contributed by atoms with E-state index in [-0.39, 0.29) is 0 Å². The Kier molecular flexibility index (Phi) is 9.44. The lowest BCUT2D eigenvalue weighted by Crippen LogP contribution is -2.42. The van der Waals surface area contributed by atoms with Crippen LogP contribution >= 0.6 is 0 Å². The average Bonchev–Trinajstić information content (AvgIpc) is 3.15. The quantitative estimate of drug-likeness (QED) is 0.386. The summed E-state index contributed by atoms with van der Waals surface area (Å²) in [5.74, 6) is 2.36. The molecule has 1 fully saturated rings. The van der Waals surface area contributed by atoms with Gasteiger partial charge in [-0.3, -0.25) is 4.99 Å². The van der Waals surface area contributed by atoms with E-state index in [2.05, 4.69) is 27.4 Å². The zero-order valence-electron chi connectivity index (χ0n) is 15.8. The second-order valence-electron chi connectivity index (χ2n) is 6.83. The second-order valence-corrected chi connectivity index (χ2v) is 6.83. The summed E-state index contributed by atoms with van der Waals surface area (Å²) in [6.07, 6.45) is 6.70. The van der Waals surface area contributed by atoms with E-state index >= 15 is 0 Å². The summed E-state index contributed by atoms with van der Waals surface area (Å²) in [6, 6.07) is 3.80. The molecule has 1 aliphatic heterocycles. The molecule has 1 aromatic heterocycles. The fourth-order valence-electron chi connectivity index (χ4n) is 3.09. The maximum atomic E-state index is 5.58. The van der Waals surface area contributed by atoms with Crippen LogP contribution in [0.3, 0.4) is 0 Å².